The lowest BCUT2D eigenvalue weighted by molar-refractivity contribution is 0.592. The molecule has 0 bridgehead atoms. The zero-order valence-corrected chi connectivity index (χ0v) is 9.95. The van der Waals surface area contributed by atoms with Crippen LogP contribution in [-0.4, -0.2) is 28.8 Å². The van der Waals surface area contributed by atoms with Crippen LogP contribution < -0.4 is 5.32 Å². The Balaban J connectivity index is 3.11. The maximum Gasteiger partial charge on any atom is 0.0441 e. The van der Waals surface area contributed by atoms with Gasteiger partial charge in [0, 0.05) is 28.9 Å². The second kappa shape index (κ2) is 8.70. The van der Waals surface area contributed by atoms with Gasteiger partial charge in [0.15, 0.2) is 0 Å². The molecule has 80 valence electrons. The third-order valence-electron chi connectivity index (χ3n) is 2.21. The number of hydrogen-bond acceptors (Lipinski definition) is 2. The Morgan fingerprint density at radius 3 is 2.54 bits per heavy atom. The van der Waals surface area contributed by atoms with Gasteiger partial charge in [-0.2, -0.15) is 0 Å². The summed E-state index contributed by atoms with van der Waals surface area (Å²) >= 11 is 0. The highest BCUT2D eigenvalue weighted by Gasteiger charge is 2.03. The van der Waals surface area contributed by atoms with Crippen molar-refractivity contribution in [2.75, 3.05) is 19.3 Å². The molecule has 2 atom stereocenters. The van der Waals surface area contributed by atoms with E-state index in [1.807, 2.05) is 6.92 Å². The lowest BCUT2D eigenvalue weighted by atomic mass is 10.2. The Morgan fingerprint density at radius 1 is 1.31 bits per heavy atom. The molecular formula is C10H23NOS. The molecule has 0 saturated carbocycles. The van der Waals surface area contributed by atoms with Gasteiger partial charge in [0.25, 0.3) is 0 Å². The van der Waals surface area contributed by atoms with Crippen LogP contribution in [0.2, 0.25) is 0 Å². The first-order chi connectivity index (χ1) is 6.18. The second-order valence-corrected chi connectivity index (χ2v) is 5.38. The quantitative estimate of drug-likeness (QED) is 0.613. The first-order valence-electron chi connectivity index (χ1n) is 5.21. The van der Waals surface area contributed by atoms with Crippen molar-refractivity contribution >= 4 is 10.8 Å². The summed E-state index contributed by atoms with van der Waals surface area (Å²) in [4.78, 5) is 0. The summed E-state index contributed by atoms with van der Waals surface area (Å²) in [7, 11) is -0.682. The fourth-order valence-electron chi connectivity index (χ4n) is 1.10. The van der Waals surface area contributed by atoms with Gasteiger partial charge in [-0.1, -0.05) is 26.2 Å². The molecule has 0 aromatic rings. The first kappa shape index (κ1) is 13.1. The molecule has 0 radical (unpaired) electrons. The van der Waals surface area contributed by atoms with Crippen molar-refractivity contribution in [3.8, 4) is 0 Å². The molecule has 13 heavy (non-hydrogen) atoms. The molecule has 0 fully saturated rings. The Hall–Kier alpha value is 0.110. The standard InChI is InChI=1S/C10H23NOS/c1-4-5-6-7-8-11-9-10(2)13(3)12/h10-11H,4-9H2,1-3H3. The average molecular weight is 205 g/mol. The van der Waals surface area contributed by atoms with Gasteiger partial charge in [-0.3, -0.25) is 4.21 Å². The summed E-state index contributed by atoms with van der Waals surface area (Å²) in [5.41, 5.74) is 0. The summed E-state index contributed by atoms with van der Waals surface area (Å²) in [6.07, 6.45) is 6.94. The molecule has 2 nitrogen and oxygen atoms in total. The largest absolute Gasteiger partial charge is 0.316 e. The zero-order valence-electron chi connectivity index (χ0n) is 9.14. The van der Waals surface area contributed by atoms with Crippen LogP contribution in [0.15, 0.2) is 0 Å². The highest BCUT2D eigenvalue weighted by Crippen LogP contribution is 1.97. The van der Waals surface area contributed by atoms with Gasteiger partial charge >= 0.3 is 0 Å². The molecule has 0 amide bonds. The van der Waals surface area contributed by atoms with Crippen molar-refractivity contribution in [3.05, 3.63) is 0 Å². The predicted octanol–water partition coefficient (Wildman–Crippen LogP) is 1.92. The Kier molecular flexibility index (Phi) is 8.77. The highest BCUT2D eigenvalue weighted by molar-refractivity contribution is 7.84. The molecule has 0 saturated heterocycles. The maximum atomic E-state index is 11.0. The average Bonchev–Trinajstić information content (AvgIpc) is 2.10. The van der Waals surface area contributed by atoms with Crippen molar-refractivity contribution < 1.29 is 4.21 Å². The topological polar surface area (TPSA) is 29.1 Å². The smallest absolute Gasteiger partial charge is 0.0441 e. The maximum absolute atomic E-state index is 11.0. The monoisotopic (exact) mass is 205 g/mol. The van der Waals surface area contributed by atoms with Crippen LogP contribution in [0, 0.1) is 0 Å². The van der Waals surface area contributed by atoms with Crippen LogP contribution in [0.5, 0.6) is 0 Å². The molecule has 0 aliphatic heterocycles. The van der Waals surface area contributed by atoms with Gasteiger partial charge in [-0.05, 0) is 19.9 Å². The van der Waals surface area contributed by atoms with Crippen molar-refractivity contribution in [2.24, 2.45) is 0 Å². The van der Waals surface area contributed by atoms with Gasteiger partial charge in [0.05, 0.1) is 0 Å². The molecule has 0 spiro atoms. The van der Waals surface area contributed by atoms with Crippen molar-refractivity contribution in [3.63, 3.8) is 0 Å². The lowest BCUT2D eigenvalue weighted by Gasteiger charge is -2.09. The van der Waals surface area contributed by atoms with E-state index in [-0.39, 0.29) is 5.25 Å². The Bertz CT molecular complexity index is 139. The predicted molar refractivity (Wildman–Crippen MR) is 60.5 cm³/mol. The molecule has 1 N–H and O–H groups in total. The van der Waals surface area contributed by atoms with Crippen LogP contribution in [0.1, 0.15) is 39.5 Å². The highest BCUT2D eigenvalue weighted by atomic mass is 32.2. The van der Waals surface area contributed by atoms with Crippen LogP contribution in [0.3, 0.4) is 0 Å². The molecule has 3 heteroatoms. The first-order valence-corrected chi connectivity index (χ1v) is 6.83. The fourth-order valence-corrected chi connectivity index (χ4v) is 1.45. The zero-order chi connectivity index (χ0) is 10.1. The minimum Gasteiger partial charge on any atom is -0.316 e. The Morgan fingerprint density at radius 2 is 2.00 bits per heavy atom. The van der Waals surface area contributed by atoms with Crippen LogP contribution >= 0.6 is 0 Å². The van der Waals surface area contributed by atoms with E-state index in [1.54, 1.807) is 6.26 Å². The van der Waals surface area contributed by atoms with Gasteiger partial charge in [-0.25, -0.2) is 0 Å². The van der Waals surface area contributed by atoms with E-state index in [1.165, 1.54) is 25.7 Å². The third-order valence-corrected chi connectivity index (χ3v) is 3.51. The van der Waals surface area contributed by atoms with Crippen LogP contribution in [0.25, 0.3) is 0 Å². The van der Waals surface area contributed by atoms with Gasteiger partial charge in [0.1, 0.15) is 0 Å². The van der Waals surface area contributed by atoms with E-state index >= 15 is 0 Å². The fraction of sp³-hybridized carbons (Fsp3) is 1.00. The van der Waals surface area contributed by atoms with Gasteiger partial charge < -0.3 is 5.32 Å². The van der Waals surface area contributed by atoms with Gasteiger partial charge in [0.2, 0.25) is 0 Å². The molecule has 0 aliphatic carbocycles. The summed E-state index contributed by atoms with van der Waals surface area (Å²) < 4.78 is 11.0. The van der Waals surface area contributed by atoms with E-state index in [9.17, 15) is 4.21 Å². The number of hydrogen-bond donors (Lipinski definition) is 1. The summed E-state index contributed by atoms with van der Waals surface area (Å²) in [5.74, 6) is 0. The van der Waals surface area contributed by atoms with Crippen LogP contribution in [0.4, 0.5) is 0 Å². The summed E-state index contributed by atoms with van der Waals surface area (Å²) in [5, 5.41) is 3.62. The lowest BCUT2D eigenvalue weighted by Crippen LogP contribution is -2.28. The summed E-state index contributed by atoms with van der Waals surface area (Å²) in [6.45, 7) is 6.20. The normalized spacial score (nSPS) is 15.6. The van der Waals surface area contributed by atoms with Gasteiger partial charge in [-0.15, -0.1) is 0 Å². The molecular weight excluding hydrogens is 182 g/mol. The van der Waals surface area contributed by atoms with Crippen molar-refractivity contribution in [2.45, 2.75) is 44.8 Å². The van der Waals surface area contributed by atoms with E-state index in [0.29, 0.717) is 0 Å². The minimum atomic E-state index is -0.682. The number of unbranched alkanes of at least 4 members (excludes halogenated alkanes) is 3. The molecule has 0 aromatic heterocycles. The summed E-state index contributed by atoms with van der Waals surface area (Å²) in [6, 6.07) is 0. The molecule has 0 heterocycles. The minimum absolute atomic E-state index is 0.283. The van der Waals surface area contributed by atoms with Crippen LogP contribution in [-0.2, 0) is 10.8 Å². The van der Waals surface area contributed by atoms with Crippen molar-refractivity contribution in [1.29, 1.82) is 0 Å². The van der Waals surface area contributed by atoms with E-state index in [4.69, 9.17) is 0 Å². The van der Waals surface area contributed by atoms with E-state index in [0.717, 1.165) is 13.1 Å². The SMILES string of the molecule is CCCCCCNCC(C)S(C)=O. The molecule has 0 aromatic carbocycles. The molecule has 2 unspecified atom stereocenters. The number of nitrogens with one attached hydrogen (secondary N) is 1. The van der Waals surface area contributed by atoms with E-state index in [2.05, 4.69) is 12.2 Å². The molecule has 0 aliphatic rings. The molecule has 0 rings (SSSR count). The van der Waals surface area contributed by atoms with Crippen molar-refractivity contribution in [1.82, 2.24) is 5.32 Å². The second-order valence-electron chi connectivity index (χ2n) is 3.57. The Labute approximate surface area is 84.9 Å². The van der Waals surface area contributed by atoms with E-state index < -0.39 is 10.8 Å². The number of rotatable bonds is 8. The third kappa shape index (κ3) is 8.44.